The Morgan fingerprint density at radius 1 is 1.06 bits per heavy atom. The topological polar surface area (TPSA) is 34.0 Å². The van der Waals surface area contributed by atoms with Crippen molar-refractivity contribution >= 4 is 0 Å². The third kappa shape index (κ3) is 2.25. The molecule has 0 spiro atoms. The summed E-state index contributed by atoms with van der Waals surface area (Å²) in [6, 6.07) is 8.03. The summed E-state index contributed by atoms with van der Waals surface area (Å²) in [7, 11) is 0. The Hall–Kier alpha value is -2.16. The van der Waals surface area contributed by atoms with Crippen molar-refractivity contribution < 1.29 is 4.74 Å². The van der Waals surface area contributed by atoms with Crippen molar-refractivity contribution in [3.63, 3.8) is 0 Å². The molecule has 3 nitrogen and oxygen atoms in total. The number of rotatable bonds is 1. The Balaban J connectivity index is 2.02. The lowest BCUT2D eigenvalue weighted by atomic mass is 10.1. The van der Waals surface area contributed by atoms with E-state index in [1.165, 1.54) is 0 Å². The maximum absolute atomic E-state index is 5.60. The van der Waals surface area contributed by atoms with Gasteiger partial charge >= 0.3 is 0 Å². The fourth-order valence-electron chi connectivity index (χ4n) is 2.06. The van der Waals surface area contributed by atoms with E-state index in [4.69, 9.17) is 9.73 Å². The van der Waals surface area contributed by atoms with Gasteiger partial charge in [-0.2, -0.15) is 0 Å². The summed E-state index contributed by atoms with van der Waals surface area (Å²) in [5, 5.41) is 1.92. The van der Waals surface area contributed by atoms with Gasteiger partial charge < -0.3 is 4.74 Å². The average Bonchev–Trinajstić information content (AvgIpc) is 2.79. The summed E-state index contributed by atoms with van der Waals surface area (Å²) in [6.45, 7) is 0.777. The predicted octanol–water partition coefficient (Wildman–Crippen LogP) is 1.68. The summed E-state index contributed by atoms with van der Waals surface area (Å²) in [6.07, 6.45) is 10.3. The third-order valence-corrected chi connectivity index (χ3v) is 2.96. The second-order valence-electron chi connectivity index (χ2n) is 4.20. The SMILES string of the molecule is C1=CC=C(C2CCN=c3ccccc3=N2)OC=C1. The van der Waals surface area contributed by atoms with Crippen LogP contribution in [0, 0.1) is 0 Å². The van der Waals surface area contributed by atoms with E-state index in [0.717, 1.165) is 29.4 Å². The number of hydrogen-bond donors (Lipinski definition) is 0. The van der Waals surface area contributed by atoms with Crippen LogP contribution in [-0.4, -0.2) is 12.6 Å². The first-order valence-corrected chi connectivity index (χ1v) is 6.11. The molecule has 0 bridgehead atoms. The minimum absolute atomic E-state index is 0.0461. The molecule has 0 radical (unpaired) electrons. The smallest absolute Gasteiger partial charge is 0.128 e. The van der Waals surface area contributed by atoms with Gasteiger partial charge in [0.25, 0.3) is 0 Å². The van der Waals surface area contributed by atoms with Gasteiger partial charge in [-0.25, -0.2) is 0 Å². The van der Waals surface area contributed by atoms with Crippen LogP contribution >= 0.6 is 0 Å². The van der Waals surface area contributed by atoms with E-state index < -0.39 is 0 Å². The Labute approximate surface area is 106 Å². The first-order valence-electron chi connectivity index (χ1n) is 6.11. The van der Waals surface area contributed by atoms with Gasteiger partial charge in [0.15, 0.2) is 0 Å². The molecule has 1 atom stereocenters. The highest BCUT2D eigenvalue weighted by molar-refractivity contribution is 5.20. The lowest BCUT2D eigenvalue weighted by molar-refractivity contribution is 0.314. The predicted molar refractivity (Wildman–Crippen MR) is 69.5 cm³/mol. The van der Waals surface area contributed by atoms with Crippen LogP contribution in [0.3, 0.4) is 0 Å². The van der Waals surface area contributed by atoms with E-state index >= 15 is 0 Å². The normalized spacial score (nSPS) is 21.6. The second kappa shape index (κ2) is 5.00. The van der Waals surface area contributed by atoms with Crippen molar-refractivity contribution in [3.05, 3.63) is 71.3 Å². The highest BCUT2D eigenvalue weighted by Gasteiger charge is 2.15. The largest absolute Gasteiger partial charge is 0.467 e. The van der Waals surface area contributed by atoms with E-state index in [9.17, 15) is 0 Å². The molecule has 0 saturated heterocycles. The monoisotopic (exact) mass is 238 g/mol. The minimum Gasteiger partial charge on any atom is -0.467 e. The van der Waals surface area contributed by atoms with Crippen LogP contribution < -0.4 is 10.7 Å². The summed E-state index contributed by atoms with van der Waals surface area (Å²) in [4.78, 5) is 9.29. The number of ether oxygens (including phenoxy) is 1. The molecule has 0 amide bonds. The first-order chi connectivity index (χ1) is 8.93. The van der Waals surface area contributed by atoms with Gasteiger partial charge in [-0.05, 0) is 30.7 Å². The average molecular weight is 238 g/mol. The molecular weight excluding hydrogens is 224 g/mol. The molecule has 1 unspecified atom stereocenters. The Morgan fingerprint density at radius 2 is 1.94 bits per heavy atom. The van der Waals surface area contributed by atoms with Gasteiger partial charge in [0, 0.05) is 6.54 Å². The van der Waals surface area contributed by atoms with Crippen LogP contribution in [0.25, 0.3) is 0 Å². The van der Waals surface area contributed by atoms with Gasteiger partial charge in [-0.15, -0.1) is 0 Å². The standard InChI is InChI=1S/C15H14N2O/c1-2-8-15(18-11-5-1)14-9-10-16-12-6-3-4-7-13(12)17-14/h1-8,11,14H,9-10H2. The van der Waals surface area contributed by atoms with E-state index in [1.807, 2.05) is 48.6 Å². The van der Waals surface area contributed by atoms with Crippen LogP contribution in [0.15, 0.2) is 70.6 Å². The fourth-order valence-corrected chi connectivity index (χ4v) is 2.06. The summed E-state index contributed by atoms with van der Waals surface area (Å²) in [5.41, 5.74) is 0. The highest BCUT2D eigenvalue weighted by Crippen LogP contribution is 2.15. The molecule has 1 aromatic rings. The number of allylic oxidation sites excluding steroid dienone is 4. The van der Waals surface area contributed by atoms with Gasteiger partial charge in [0.1, 0.15) is 11.8 Å². The molecule has 90 valence electrons. The summed E-state index contributed by atoms with van der Waals surface area (Å²) >= 11 is 0. The van der Waals surface area contributed by atoms with Crippen LogP contribution in [0.5, 0.6) is 0 Å². The number of fused-ring (bicyclic) bond motifs is 1. The molecule has 0 aliphatic carbocycles. The van der Waals surface area contributed by atoms with Gasteiger partial charge in [-0.3, -0.25) is 9.98 Å². The van der Waals surface area contributed by atoms with Crippen molar-refractivity contribution in [2.45, 2.75) is 12.5 Å². The Bertz CT molecular complexity index is 641. The maximum atomic E-state index is 5.60. The van der Waals surface area contributed by atoms with E-state index in [2.05, 4.69) is 4.99 Å². The van der Waals surface area contributed by atoms with E-state index in [1.54, 1.807) is 6.26 Å². The second-order valence-corrected chi connectivity index (χ2v) is 4.20. The quantitative estimate of drug-likeness (QED) is 0.733. The summed E-state index contributed by atoms with van der Waals surface area (Å²) in [5.74, 6) is 0.881. The molecule has 2 heterocycles. The Morgan fingerprint density at radius 3 is 2.89 bits per heavy atom. The van der Waals surface area contributed by atoms with Crippen molar-refractivity contribution in [2.75, 3.05) is 6.54 Å². The first kappa shape index (κ1) is 11.0. The highest BCUT2D eigenvalue weighted by atomic mass is 16.5. The molecule has 0 fully saturated rings. The van der Waals surface area contributed by atoms with Gasteiger partial charge in [0.2, 0.25) is 0 Å². The molecular formula is C15H14N2O. The van der Waals surface area contributed by atoms with Crippen molar-refractivity contribution in [2.24, 2.45) is 9.98 Å². The van der Waals surface area contributed by atoms with Crippen molar-refractivity contribution in [1.29, 1.82) is 0 Å². The zero-order valence-electron chi connectivity index (χ0n) is 9.99. The Kier molecular flexibility index (Phi) is 3.05. The lowest BCUT2D eigenvalue weighted by Gasteiger charge is -2.12. The molecule has 0 aromatic heterocycles. The van der Waals surface area contributed by atoms with Gasteiger partial charge in [-0.1, -0.05) is 24.3 Å². The molecule has 2 aliphatic rings. The molecule has 3 rings (SSSR count). The van der Waals surface area contributed by atoms with Crippen molar-refractivity contribution in [3.8, 4) is 0 Å². The molecule has 3 heteroatoms. The zero-order valence-corrected chi connectivity index (χ0v) is 9.99. The van der Waals surface area contributed by atoms with E-state index in [-0.39, 0.29) is 6.04 Å². The number of para-hydroxylation sites is 2. The molecule has 18 heavy (non-hydrogen) atoms. The van der Waals surface area contributed by atoms with Crippen LogP contribution in [0.1, 0.15) is 6.42 Å². The number of hydrogen-bond acceptors (Lipinski definition) is 3. The third-order valence-electron chi connectivity index (χ3n) is 2.96. The van der Waals surface area contributed by atoms with Crippen LogP contribution in [0.2, 0.25) is 0 Å². The molecule has 0 saturated carbocycles. The van der Waals surface area contributed by atoms with Gasteiger partial charge in [0.05, 0.1) is 17.0 Å². The van der Waals surface area contributed by atoms with Crippen LogP contribution in [-0.2, 0) is 4.74 Å². The molecule has 2 aliphatic heterocycles. The van der Waals surface area contributed by atoms with Crippen LogP contribution in [0.4, 0.5) is 0 Å². The fraction of sp³-hybridized carbons (Fsp3) is 0.200. The summed E-state index contributed by atoms with van der Waals surface area (Å²) < 4.78 is 5.60. The van der Waals surface area contributed by atoms with Crippen molar-refractivity contribution in [1.82, 2.24) is 0 Å². The number of nitrogens with zero attached hydrogens (tertiary/aromatic N) is 2. The van der Waals surface area contributed by atoms with E-state index in [0.29, 0.717) is 0 Å². The lowest BCUT2D eigenvalue weighted by Crippen LogP contribution is -2.25. The minimum atomic E-state index is 0.0461. The zero-order chi connectivity index (χ0) is 12.2. The molecule has 0 N–H and O–H groups in total. The molecule has 1 aromatic carbocycles. The maximum Gasteiger partial charge on any atom is 0.128 e. The number of benzene rings is 1.